The molecular formula is C8H20NOSSi-. The molecule has 12 heavy (non-hydrogen) atoms. The first-order valence-electron chi connectivity index (χ1n) is 4.87. The first-order valence-corrected chi connectivity index (χ1v) is 8.19. The lowest BCUT2D eigenvalue weighted by molar-refractivity contribution is 0.595. The molecule has 0 aliphatic rings. The first-order chi connectivity index (χ1) is 5.81. The Morgan fingerprint density at radius 3 is 2.50 bits per heavy atom. The number of hydrogen-bond donors (Lipinski definition) is 0. The van der Waals surface area contributed by atoms with Crippen LogP contribution in [0.1, 0.15) is 39.0 Å². The van der Waals surface area contributed by atoms with Crippen molar-refractivity contribution in [3.05, 3.63) is 0 Å². The van der Waals surface area contributed by atoms with Gasteiger partial charge in [0.2, 0.25) is 0 Å². The SMILES string of the molecule is CCCCCCC[S-](=O)=N[SiH2]C. The molecule has 0 aromatic heterocycles. The van der Waals surface area contributed by atoms with Crippen molar-refractivity contribution >= 4 is 20.3 Å². The Kier molecular flexibility index (Phi) is 9.39. The molecule has 74 valence electrons. The minimum Gasteiger partial charge on any atom is -0.445 e. The van der Waals surface area contributed by atoms with Gasteiger partial charge in [0.05, 0.1) is 0 Å². The number of nitrogens with zero attached hydrogens (tertiary/aromatic N) is 1. The lowest BCUT2D eigenvalue weighted by Gasteiger charge is -2.02. The van der Waals surface area contributed by atoms with Gasteiger partial charge in [-0.2, -0.15) is 0 Å². The summed E-state index contributed by atoms with van der Waals surface area (Å²) in [6.45, 7) is 4.27. The summed E-state index contributed by atoms with van der Waals surface area (Å²) in [4.78, 5) is 0. The summed E-state index contributed by atoms with van der Waals surface area (Å²) in [5, 5.41) is 0. The predicted octanol–water partition coefficient (Wildman–Crippen LogP) is 2.24. The van der Waals surface area contributed by atoms with Gasteiger partial charge < -0.3 is 8.24 Å². The van der Waals surface area contributed by atoms with E-state index in [0.717, 1.165) is 12.2 Å². The van der Waals surface area contributed by atoms with E-state index in [-0.39, 0.29) is 9.68 Å². The molecule has 0 aliphatic heterocycles. The van der Waals surface area contributed by atoms with Crippen LogP contribution in [0.3, 0.4) is 0 Å². The maximum absolute atomic E-state index is 11.1. The fourth-order valence-electron chi connectivity index (χ4n) is 1.04. The average Bonchev–Trinajstić information content (AvgIpc) is 2.05. The standard InChI is InChI=1S/C8H20NOSSi/c1-3-4-5-6-7-8-11(10)9-12-2/h3-8,12H2,1-2H3/q-1. The van der Waals surface area contributed by atoms with Crippen molar-refractivity contribution in [1.82, 2.24) is 0 Å². The van der Waals surface area contributed by atoms with E-state index in [9.17, 15) is 4.21 Å². The third-order valence-corrected chi connectivity index (χ3v) is 4.52. The van der Waals surface area contributed by atoms with Gasteiger partial charge in [0.15, 0.2) is 0 Å². The Bertz CT molecular complexity index is 166. The van der Waals surface area contributed by atoms with Crippen LogP contribution in [0.5, 0.6) is 0 Å². The molecule has 0 amide bonds. The Morgan fingerprint density at radius 1 is 1.25 bits per heavy atom. The highest BCUT2D eigenvalue weighted by Crippen LogP contribution is 2.02. The van der Waals surface area contributed by atoms with Crippen LogP contribution in [-0.2, 0) is 14.8 Å². The fourth-order valence-corrected chi connectivity index (χ4v) is 3.16. The van der Waals surface area contributed by atoms with Gasteiger partial charge in [0, 0.05) is 0 Å². The Balaban J connectivity index is 3.20. The molecular weight excluding hydrogens is 186 g/mol. The van der Waals surface area contributed by atoms with E-state index < -0.39 is 10.6 Å². The van der Waals surface area contributed by atoms with Crippen LogP contribution in [0.4, 0.5) is 0 Å². The monoisotopic (exact) mass is 206 g/mol. The summed E-state index contributed by atoms with van der Waals surface area (Å²) in [7, 11) is -1.19. The molecule has 0 saturated carbocycles. The molecule has 0 saturated heterocycles. The van der Waals surface area contributed by atoms with E-state index in [1.165, 1.54) is 25.7 Å². The van der Waals surface area contributed by atoms with Gasteiger partial charge >= 0.3 is 0 Å². The molecule has 0 radical (unpaired) electrons. The van der Waals surface area contributed by atoms with E-state index >= 15 is 0 Å². The third kappa shape index (κ3) is 8.27. The predicted molar refractivity (Wildman–Crippen MR) is 58.5 cm³/mol. The van der Waals surface area contributed by atoms with Crippen molar-refractivity contribution in [2.75, 3.05) is 5.75 Å². The molecule has 0 aliphatic carbocycles. The lowest BCUT2D eigenvalue weighted by atomic mass is 10.2. The minimum absolute atomic E-state index is 0.352. The zero-order valence-corrected chi connectivity index (χ0v) is 10.4. The second kappa shape index (κ2) is 9.26. The molecule has 0 N–H and O–H groups in total. The highest BCUT2D eigenvalue weighted by Gasteiger charge is 1.84. The van der Waals surface area contributed by atoms with Crippen molar-refractivity contribution in [2.24, 2.45) is 4.03 Å². The van der Waals surface area contributed by atoms with Gasteiger partial charge in [0.25, 0.3) is 0 Å². The van der Waals surface area contributed by atoms with Crippen molar-refractivity contribution in [3.63, 3.8) is 0 Å². The Labute approximate surface area is 80.3 Å². The van der Waals surface area contributed by atoms with Crippen LogP contribution >= 0.6 is 0 Å². The summed E-state index contributed by atoms with van der Waals surface area (Å²) in [6.07, 6.45) is 6.18. The molecule has 0 fully saturated rings. The van der Waals surface area contributed by atoms with Crippen molar-refractivity contribution < 1.29 is 4.21 Å². The number of rotatable bonds is 7. The Morgan fingerprint density at radius 2 is 1.92 bits per heavy atom. The van der Waals surface area contributed by atoms with Crippen molar-refractivity contribution in [2.45, 2.75) is 45.6 Å². The summed E-state index contributed by atoms with van der Waals surface area (Å²) >= 11 is 0. The second-order valence-corrected chi connectivity index (χ2v) is 5.60. The summed E-state index contributed by atoms with van der Waals surface area (Å²) in [6, 6.07) is 0. The summed E-state index contributed by atoms with van der Waals surface area (Å²) in [5.74, 6) is 0.796. The average molecular weight is 206 g/mol. The first kappa shape index (κ1) is 12.2. The van der Waals surface area contributed by atoms with Crippen molar-refractivity contribution in [3.8, 4) is 0 Å². The highest BCUT2D eigenvalue weighted by molar-refractivity contribution is 7.75. The van der Waals surface area contributed by atoms with Gasteiger partial charge in [0.1, 0.15) is 9.68 Å². The van der Waals surface area contributed by atoms with Gasteiger partial charge in [-0.05, 0) is 0 Å². The normalized spacial score (nSPS) is 14.5. The van der Waals surface area contributed by atoms with E-state index in [1.54, 1.807) is 0 Å². The van der Waals surface area contributed by atoms with Crippen LogP contribution in [-0.4, -0.2) is 15.4 Å². The lowest BCUT2D eigenvalue weighted by Crippen LogP contribution is -1.88. The van der Waals surface area contributed by atoms with E-state index in [4.69, 9.17) is 0 Å². The molecule has 0 heterocycles. The van der Waals surface area contributed by atoms with E-state index in [0.29, 0.717) is 0 Å². The maximum Gasteiger partial charge on any atom is 0.113 e. The van der Waals surface area contributed by atoms with Gasteiger partial charge in [-0.1, -0.05) is 51.3 Å². The van der Waals surface area contributed by atoms with E-state index in [1.807, 2.05) is 0 Å². The molecule has 0 spiro atoms. The van der Waals surface area contributed by atoms with Crippen LogP contribution in [0, 0.1) is 0 Å². The van der Waals surface area contributed by atoms with Crippen LogP contribution in [0.15, 0.2) is 4.03 Å². The molecule has 4 heteroatoms. The van der Waals surface area contributed by atoms with Gasteiger partial charge in [-0.25, -0.2) is 10.6 Å². The highest BCUT2D eigenvalue weighted by atomic mass is 32.2. The second-order valence-electron chi connectivity index (χ2n) is 2.89. The molecule has 0 aromatic carbocycles. The van der Waals surface area contributed by atoms with Crippen LogP contribution in [0.25, 0.3) is 0 Å². The molecule has 0 atom stereocenters. The topological polar surface area (TPSA) is 29.4 Å². The van der Waals surface area contributed by atoms with E-state index in [2.05, 4.69) is 17.5 Å². The zero-order valence-electron chi connectivity index (χ0n) is 8.21. The number of hydrogen-bond acceptors (Lipinski definition) is 3. The quantitative estimate of drug-likeness (QED) is 0.357. The molecule has 0 rings (SSSR count). The third-order valence-electron chi connectivity index (χ3n) is 1.70. The maximum atomic E-state index is 11.1. The molecule has 2 nitrogen and oxygen atoms in total. The summed E-state index contributed by atoms with van der Waals surface area (Å²) < 4.78 is 15.1. The fraction of sp³-hybridized carbons (Fsp3) is 1.00. The smallest absolute Gasteiger partial charge is 0.113 e. The molecule has 0 unspecified atom stereocenters. The van der Waals surface area contributed by atoms with Crippen LogP contribution in [0.2, 0.25) is 6.55 Å². The largest absolute Gasteiger partial charge is 0.445 e. The van der Waals surface area contributed by atoms with Crippen LogP contribution < -0.4 is 0 Å². The molecule has 0 bridgehead atoms. The summed E-state index contributed by atoms with van der Waals surface area (Å²) in [5.41, 5.74) is 0. The Hall–Kier alpha value is 0.167. The molecule has 0 aromatic rings. The van der Waals surface area contributed by atoms with Crippen molar-refractivity contribution in [1.29, 1.82) is 0 Å². The number of unbranched alkanes of at least 4 members (excludes halogenated alkanes) is 4. The zero-order chi connectivity index (χ0) is 9.23. The van der Waals surface area contributed by atoms with Gasteiger partial charge in [-0.15, -0.1) is 0 Å². The van der Waals surface area contributed by atoms with Gasteiger partial charge in [-0.3, -0.25) is 0 Å². The minimum atomic E-state index is -0.839.